The fourth-order valence-corrected chi connectivity index (χ4v) is 3.66. The van der Waals surface area contributed by atoms with E-state index in [9.17, 15) is 13.2 Å². The lowest BCUT2D eigenvalue weighted by molar-refractivity contribution is 0.0926. The highest BCUT2D eigenvalue weighted by molar-refractivity contribution is 7.92. The van der Waals surface area contributed by atoms with Crippen molar-refractivity contribution < 1.29 is 13.2 Å². The summed E-state index contributed by atoms with van der Waals surface area (Å²) >= 11 is 0. The van der Waals surface area contributed by atoms with Crippen molar-refractivity contribution >= 4 is 15.7 Å². The van der Waals surface area contributed by atoms with Gasteiger partial charge in [0.05, 0.1) is 10.1 Å². The van der Waals surface area contributed by atoms with Crippen LogP contribution in [0.15, 0.2) is 29.2 Å². The van der Waals surface area contributed by atoms with Crippen molar-refractivity contribution in [1.82, 2.24) is 5.32 Å². The summed E-state index contributed by atoms with van der Waals surface area (Å²) in [6, 6.07) is 6.54. The molecule has 0 spiro atoms. The Morgan fingerprint density at radius 3 is 2.18 bits per heavy atom. The van der Waals surface area contributed by atoms with Crippen molar-refractivity contribution in [1.29, 1.82) is 0 Å². The molecule has 5 nitrogen and oxygen atoms in total. The fourth-order valence-electron chi connectivity index (χ4n) is 2.60. The minimum atomic E-state index is -3.30. The number of benzene rings is 1. The minimum Gasteiger partial charge on any atom is -0.349 e. The molecule has 1 aromatic rings. The van der Waals surface area contributed by atoms with Gasteiger partial charge in [0.1, 0.15) is 0 Å². The number of carbonyl (C=O) groups excluding carboxylic acids is 1. The van der Waals surface area contributed by atoms with Gasteiger partial charge in [-0.15, -0.1) is 0 Å². The molecule has 22 heavy (non-hydrogen) atoms. The molecule has 1 aliphatic carbocycles. The van der Waals surface area contributed by atoms with Crippen LogP contribution in [0.4, 0.5) is 0 Å². The van der Waals surface area contributed by atoms with Gasteiger partial charge in [-0.25, -0.2) is 8.42 Å². The van der Waals surface area contributed by atoms with E-state index < -0.39 is 15.1 Å². The number of hydrogen-bond donors (Lipinski definition) is 2. The molecule has 1 aliphatic rings. The third-order valence-corrected chi connectivity index (χ3v) is 6.34. The van der Waals surface area contributed by atoms with Crippen LogP contribution in [0.5, 0.6) is 0 Å². The number of nitrogens with two attached hydrogens (primary N) is 1. The van der Waals surface area contributed by atoms with Gasteiger partial charge in [-0.3, -0.25) is 4.79 Å². The first-order chi connectivity index (χ1) is 10.3. The maximum atomic E-state index is 12.2. The smallest absolute Gasteiger partial charge is 0.251 e. The average molecular weight is 324 g/mol. The average Bonchev–Trinajstić information content (AvgIpc) is 2.49. The highest BCUT2D eigenvalue weighted by Crippen LogP contribution is 2.19. The summed E-state index contributed by atoms with van der Waals surface area (Å²) < 4.78 is 24.1. The first kappa shape index (κ1) is 17.0. The van der Waals surface area contributed by atoms with Crippen LogP contribution in [0.25, 0.3) is 0 Å². The molecule has 122 valence electrons. The van der Waals surface area contributed by atoms with E-state index in [1.54, 1.807) is 26.0 Å². The van der Waals surface area contributed by atoms with Gasteiger partial charge in [-0.2, -0.15) is 0 Å². The molecule has 0 atom stereocenters. The summed E-state index contributed by atoms with van der Waals surface area (Å²) in [5.74, 6) is -0.158. The van der Waals surface area contributed by atoms with Gasteiger partial charge < -0.3 is 11.1 Å². The Balaban J connectivity index is 2.03. The lowest BCUT2D eigenvalue weighted by atomic mass is 9.91. The second-order valence-electron chi connectivity index (χ2n) is 6.20. The van der Waals surface area contributed by atoms with E-state index in [-0.39, 0.29) is 22.9 Å². The maximum absolute atomic E-state index is 12.2. The molecule has 0 aromatic heterocycles. The van der Waals surface area contributed by atoms with Gasteiger partial charge >= 0.3 is 0 Å². The zero-order valence-corrected chi connectivity index (χ0v) is 13.9. The van der Waals surface area contributed by atoms with Crippen LogP contribution >= 0.6 is 0 Å². The zero-order chi connectivity index (χ0) is 16.3. The van der Waals surface area contributed by atoms with E-state index in [1.165, 1.54) is 12.1 Å². The van der Waals surface area contributed by atoms with Crippen LogP contribution in [0.2, 0.25) is 0 Å². The number of amides is 1. The van der Waals surface area contributed by atoms with Crippen LogP contribution in [0, 0.1) is 0 Å². The lowest BCUT2D eigenvalue weighted by Gasteiger charge is -2.26. The van der Waals surface area contributed by atoms with Gasteiger partial charge in [0.2, 0.25) is 0 Å². The van der Waals surface area contributed by atoms with Crippen LogP contribution in [0.1, 0.15) is 49.9 Å². The Morgan fingerprint density at radius 1 is 1.14 bits per heavy atom. The predicted octanol–water partition coefficient (Wildman–Crippen LogP) is 1.87. The molecule has 3 N–H and O–H groups in total. The second kappa shape index (κ2) is 6.79. The monoisotopic (exact) mass is 324 g/mol. The number of sulfone groups is 1. The highest BCUT2D eigenvalue weighted by atomic mass is 32.2. The van der Waals surface area contributed by atoms with Crippen LogP contribution in [0.3, 0.4) is 0 Å². The molecule has 1 fully saturated rings. The topological polar surface area (TPSA) is 89.3 Å². The van der Waals surface area contributed by atoms with Gasteiger partial charge in [-0.1, -0.05) is 0 Å². The largest absolute Gasteiger partial charge is 0.349 e. The van der Waals surface area contributed by atoms with Gasteiger partial charge in [0.15, 0.2) is 9.84 Å². The lowest BCUT2D eigenvalue weighted by Crippen LogP contribution is -2.40. The van der Waals surface area contributed by atoms with E-state index in [4.69, 9.17) is 5.73 Å². The van der Waals surface area contributed by atoms with Crippen LogP contribution in [-0.2, 0) is 9.84 Å². The number of nitrogens with one attached hydrogen (secondary N) is 1. The summed E-state index contributed by atoms with van der Waals surface area (Å²) in [7, 11) is -3.30. The van der Waals surface area contributed by atoms with Crippen molar-refractivity contribution in [3.05, 3.63) is 29.8 Å². The summed E-state index contributed by atoms with van der Waals surface area (Å²) in [4.78, 5) is 12.4. The standard InChI is InChI=1S/C16H24N2O3S/c1-11(2)22(20,21)15-9-3-12(4-10-15)16(19)18-14-7-5-13(17)6-8-14/h3-4,9-11,13-14H,5-8,17H2,1-2H3,(H,18,19). The van der Waals surface area contributed by atoms with Gasteiger partial charge in [0, 0.05) is 17.6 Å². The summed E-state index contributed by atoms with van der Waals surface area (Å²) in [6.45, 7) is 3.29. The second-order valence-corrected chi connectivity index (χ2v) is 8.71. The predicted molar refractivity (Wildman–Crippen MR) is 86.5 cm³/mol. The zero-order valence-electron chi connectivity index (χ0n) is 13.1. The summed E-state index contributed by atoms with van der Waals surface area (Å²) in [5, 5.41) is 2.52. The van der Waals surface area contributed by atoms with E-state index in [0.29, 0.717) is 5.56 Å². The molecule has 0 unspecified atom stereocenters. The Labute approximate surface area is 132 Å². The molecule has 1 aromatic carbocycles. The molecule has 0 radical (unpaired) electrons. The quantitative estimate of drug-likeness (QED) is 0.885. The van der Waals surface area contributed by atoms with Crippen molar-refractivity contribution in [2.75, 3.05) is 0 Å². The molecule has 2 rings (SSSR count). The molecule has 6 heteroatoms. The van der Waals surface area contributed by atoms with Crippen molar-refractivity contribution in [2.45, 2.75) is 61.8 Å². The molecule has 0 heterocycles. The third kappa shape index (κ3) is 3.87. The Morgan fingerprint density at radius 2 is 1.68 bits per heavy atom. The van der Waals surface area contributed by atoms with E-state index >= 15 is 0 Å². The minimum absolute atomic E-state index is 0.158. The third-order valence-electron chi connectivity index (χ3n) is 4.17. The van der Waals surface area contributed by atoms with Crippen molar-refractivity contribution in [3.63, 3.8) is 0 Å². The van der Waals surface area contributed by atoms with E-state index in [2.05, 4.69) is 5.32 Å². The number of hydrogen-bond acceptors (Lipinski definition) is 4. The van der Waals surface area contributed by atoms with Crippen LogP contribution < -0.4 is 11.1 Å². The first-order valence-electron chi connectivity index (χ1n) is 7.71. The molecule has 0 bridgehead atoms. The van der Waals surface area contributed by atoms with Crippen LogP contribution in [-0.4, -0.2) is 31.7 Å². The fraction of sp³-hybridized carbons (Fsp3) is 0.562. The Kier molecular flexibility index (Phi) is 5.24. The molecule has 0 aliphatic heterocycles. The Hall–Kier alpha value is -1.40. The molecule has 0 saturated heterocycles. The Bertz CT molecular complexity index is 615. The molecular formula is C16H24N2O3S. The van der Waals surface area contributed by atoms with E-state index in [0.717, 1.165) is 25.7 Å². The normalized spacial score (nSPS) is 22.5. The maximum Gasteiger partial charge on any atom is 0.251 e. The first-order valence-corrected chi connectivity index (χ1v) is 9.25. The number of carbonyl (C=O) groups is 1. The highest BCUT2D eigenvalue weighted by Gasteiger charge is 2.22. The van der Waals surface area contributed by atoms with Crippen molar-refractivity contribution in [2.24, 2.45) is 5.73 Å². The van der Waals surface area contributed by atoms with Crippen molar-refractivity contribution in [3.8, 4) is 0 Å². The molecular weight excluding hydrogens is 300 g/mol. The van der Waals surface area contributed by atoms with Gasteiger partial charge in [-0.05, 0) is 63.8 Å². The van der Waals surface area contributed by atoms with E-state index in [1.807, 2.05) is 0 Å². The summed E-state index contributed by atoms with van der Waals surface area (Å²) in [6.07, 6.45) is 3.65. The van der Waals surface area contributed by atoms with Gasteiger partial charge in [0.25, 0.3) is 5.91 Å². The SMILES string of the molecule is CC(C)S(=O)(=O)c1ccc(C(=O)NC2CCC(N)CC2)cc1. The molecule has 1 saturated carbocycles. The molecule has 1 amide bonds. The number of rotatable bonds is 4. The summed E-state index contributed by atoms with van der Waals surface area (Å²) in [5.41, 5.74) is 6.33.